The molecule has 2 rings (SSSR count). The summed E-state index contributed by atoms with van der Waals surface area (Å²) in [4.78, 5) is 0. The van der Waals surface area contributed by atoms with E-state index in [4.69, 9.17) is 11.6 Å². The van der Waals surface area contributed by atoms with E-state index in [1.807, 2.05) is 24.3 Å². The summed E-state index contributed by atoms with van der Waals surface area (Å²) in [6.45, 7) is 1.75. The molecule has 0 aliphatic heterocycles. The topological polar surface area (TPSA) is 32.3 Å². The van der Waals surface area contributed by atoms with Crippen molar-refractivity contribution >= 4 is 11.6 Å². The smallest absolute Gasteiger partial charge is 0.0580 e. The second kappa shape index (κ2) is 6.39. The van der Waals surface area contributed by atoms with E-state index < -0.39 is 0 Å². The molecule has 1 aromatic carbocycles. The molecular weight excluding hydrogens is 234 g/mol. The van der Waals surface area contributed by atoms with Crippen LogP contribution in [0.15, 0.2) is 24.3 Å². The lowest BCUT2D eigenvalue weighted by Gasteiger charge is -2.27. The van der Waals surface area contributed by atoms with Gasteiger partial charge >= 0.3 is 0 Å². The third-order valence-electron chi connectivity index (χ3n) is 3.52. The van der Waals surface area contributed by atoms with E-state index in [0.717, 1.165) is 31.0 Å². The highest BCUT2D eigenvalue weighted by atomic mass is 35.5. The molecule has 2 atom stereocenters. The molecule has 17 heavy (non-hydrogen) atoms. The second-order valence-electron chi connectivity index (χ2n) is 4.87. The number of aliphatic hydroxyl groups excluding tert-OH is 1. The van der Waals surface area contributed by atoms with Crippen molar-refractivity contribution in [3.63, 3.8) is 0 Å². The lowest BCUT2D eigenvalue weighted by molar-refractivity contribution is 0.0695. The van der Waals surface area contributed by atoms with Gasteiger partial charge in [0.25, 0.3) is 0 Å². The molecule has 2 nitrogen and oxygen atoms in total. The molecule has 94 valence electrons. The number of halogens is 1. The Labute approximate surface area is 108 Å². The van der Waals surface area contributed by atoms with Gasteiger partial charge < -0.3 is 10.4 Å². The third kappa shape index (κ3) is 3.98. The highest BCUT2D eigenvalue weighted by Crippen LogP contribution is 2.23. The number of hydrogen-bond donors (Lipinski definition) is 2. The van der Waals surface area contributed by atoms with Crippen molar-refractivity contribution in [2.24, 2.45) is 5.92 Å². The van der Waals surface area contributed by atoms with E-state index in [-0.39, 0.29) is 6.10 Å². The monoisotopic (exact) mass is 253 g/mol. The van der Waals surface area contributed by atoms with Crippen molar-refractivity contribution in [2.75, 3.05) is 6.54 Å². The second-order valence-corrected chi connectivity index (χ2v) is 5.31. The third-order valence-corrected chi connectivity index (χ3v) is 3.77. The van der Waals surface area contributed by atoms with Gasteiger partial charge in [0.15, 0.2) is 0 Å². The Bertz CT molecular complexity index is 339. The zero-order chi connectivity index (χ0) is 12.1. The fourth-order valence-corrected chi connectivity index (χ4v) is 2.56. The molecule has 1 aromatic rings. The van der Waals surface area contributed by atoms with Crippen LogP contribution in [0.25, 0.3) is 0 Å². The summed E-state index contributed by atoms with van der Waals surface area (Å²) >= 11 is 5.83. The first-order valence-corrected chi connectivity index (χ1v) is 6.77. The van der Waals surface area contributed by atoms with E-state index in [9.17, 15) is 5.11 Å². The van der Waals surface area contributed by atoms with Crippen molar-refractivity contribution in [1.29, 1.82) is 0 Å². The van der Waals surface area contributed by atoms with Crippen molar-refractivity contribution in [2.45, 2.75) is 38.3 Å². The summed E-state index contributed by atoms with van der Waals surface area (Å²) in [6, 6.07) is 7.89. The Kier molecular flexibility index (Phi) is 4.84. The van der Waals surface area contributed by atoms with Crippen molar-refractivity contribution < 1.29 is 5.11 Å². The molecule has 1 aliphatic carbocycles. The summed E-state index contributed by atoms with van der Waals surface area (Å²) in [7, 11) is 0. The van der Waals surface area contributed by atoms with Crippen LogP contribution in [0.2, 0.25) is 5.02 Å². The quantitative estimate of drug-likeness (QED) is 0.865. The fourth-order valence-electron chi connectivity index (χ4n) is 2.43. The summed E-state index contributed by atoms with van der Waals surface area (Å²) in [5.74, 6) is 0.427. The molecule has 0 radical (unpaired) electrons. The first kappa shape index (κ1) is 12.9. The van der Waals surface area contributed by atoms with Crippen LogP contribution in [0.3, 0.4) is 0 Å². The average molecular weight is 254 g/mol. The first-order valence-electron chi connectivity index (χ1n) is 6.39. The van der Waals surface area contributed by atoms with Crippen LogP contribution in [0, 0.1) is 5.92 Å². The normalized spacial score (nSPS) is 24.8. The van der Waals surface area contributed by atoms with Crippen LogP contribution < -0.4 is 5.32 Å². The Morgan fingerprint density at radius 2 is 1.88 bits per heavy atom. The van der Waals surface area contributed by atoms with Gasteiger partial charge in [-0.15, -0.1) is 0 Å². The molecule has 1 aliphatic rings. The van der Waals surface area contributed by atoms with Crippen LogP contribution in [0.4, 0.5) is 0 Å². The molecule has 3 heteroatoms. The van der Waals surface area contributed by atoms with E-state index in [1.165, 1.54) is 18.4 Å². The number of rotatable bonds is 4. The van der Waals surface area contributed by atoms with Crippen LogP contribution in [0.1, 0.15) is 31.2 Å². The molecule has 1 saturated carbocycles. The van der Waals surface area contributed by atoms with Gasteiger partial charge in [-0.2, -0.15) is 0 Å². The molecule has 0 aromatic heterocycles. The Balaban J connectivity index is 1.73. The number of nitrogens with one attached hydrogen (secondary N) is 1. The predicted molar refractivity (Wildman–Crippen MR) is 71.1 cm³/mol. The first-order chi connectivity index (χ1) is 8.25. The van der Waals surface area contributed by atoms with Crippen molar-refractivity contribution in [3.8, 4) is 0 Å². The maximum Gasteiger partial charge on any atom is 0.0580 e. The number of aliphatic hydroxyl groups is 1. The predicted octanol–water partition coefficient (Wildman–Crippen LogP) is 2.98. The van der Waals surface area contributed by atoms with E-state index >= 15 is 0 Å². The maximum atomic E-state index is 9.85. The maximum absolute atomic E-state index is 9.85. The van der Waals surface area contributed by atoms with Gasteiger partial charge in [-0.05, 0) is 36.5 Å². The molecule has 0 heterocycles. The molecule has 0 amide bonds. The lowest BCUT2D eigenvalue weighted by Crippen LogP contribution is -2.33. The van der Waals surface area contributed by atoms with Crippen LogP contribution in [0.5, 0.6) is 0 Å². The summed E-state index contributed by atoms with van der Waals surface area (Å²) < 4.78 is 0. The molecule has 2 unspecified atom stereocenters. The zero-order valence-electron chi connectivity index (χ0n) is 10.0. The highest BCUT2D eigenvalue weighted by Gasteiger charge is 2.22. The standard InChI is InChI=1S/C14H20ClNO/c15-13-7-5-11(6-8-13)9-16-10-12-3-1-2-4-14(12)17/h5-8,12,14,16-17H,1-4,9-10H2. The van der Waals surface area contributed by atoms with Gasteiger partial charge in [0.1, 0.15) is 0 Å². The average Bonchev–Trinajstić information content (AvgIpc) is 2.34. The Morgan fingerprint density at radius 3 is 2.59 bits per heavy atom. The summed E-state index contributed by atoms with van der Waals surface area (Å²) in [5.41, 5.74) is 1.24. The minimum Gasteiger partial charge on any atom is -0.393 e. The minimum absolute atomic E-state index is 0.110. The van der Waals surface area contributed by atoms with Crippen LogP contribution in [-0.4, -0.2) is 17.8 Å². The van der Waals surface area contributed by atoms with E-state index in [1.54, 1.807) is 0 Å². The van der Waals surface area contributed by atoms with Gasteiger partial charge in [-0.25, -0.2) is 0 Å². The Hall–Kier alpha value is -0.570. The largest absolute Gasteiger partial charge is 0.393 e. The summed E-state index contributed by atoms with van der Waals surface area (Å²) in [6.07, 6.45) is 4.43. The highest BCUT2D eigenvalue weighted by molar-refractivity contribution is 6.30. The van der Waals surface area contributed by atoms with E-state index in [0.29, 0.717) is 5.92 Å². The fraction of sp³-hybridized carbons (Fsp3) is 0.571. The number of hydrogen-bond acceptors (Lipinski definition) is 2. The molecular formula is C14H20ClNO. The zero-order valence-corrected chi connectivity index (χ0v) is 10.8. The van der Waals surface area contributed by atoms with Gasteiger partial charge in [-0.1, -0.05) is 36.6 Å². The molecule has 2 N–H and O–H groups in total. The van der Waals surface area contributed by atoms with Crippen LogP contribution >= 0.6 is 11.6 Å². The molecule has 1 fully saturated rings. The minimum atomic E-state index is -0.110. The molecule has 0 bridgehead atoms. The SMILES string of the molecule is OC1CCCCC1CNCc1ccc(Cl)cc1. The van der Waals surface area contributed by atoms with Gasteiger partial charge in [0.2, 0.25) is 0 Å². The lowest BCUT2D eigenvalue weighted by atomic mass is 9.86. The van der Waals surface area contributed by atoms with E-state index in [2.05, 4.69) is 5.32 Å². The van der Waals surface area contributed by atoms with Gasteiger partial charge in [-0.3, -0.25) is 0 Å². The van der Waals surface area contributed by atoms with Crippen molar-refractivity contribution in [3.05, 3.63) is 34.9 Å². The van der Waals surface area contributed by atoms with Gasteiger partial charge in [0, 0.05) is 18.1 Å². The summed E-state index contributed by atoms with van der Waals surface area (Å²) in [5, 5.41) is 14.0. The van der Waals surface area contributed by atoms with Gasteiger partial charge in [0.05, 0.1) is 6.10 Å². The molecule has 0 saturated heterocycles. The Morgan fingerprint density at radius 1 is 1.18 bits per heavy atom. The van der Waals surface area contributed by atoms with Crippen molar-refractivity contribution in [1.82, 2.24) is 5.32 Å². The molecule has 0 spiro atoms. The number of benzene rings is 1. The van der Waals surface area contributed by atoms with Crippen LogP contribution in [-0.2, 0) is 6.54 Å².